The Bertz CT molecular complexity index is 773. The Morgan fingerprint density at radius 2 is 1.97 bits per heavy atom. The number of rotatable bonds is 0. The minimum Gasteiger partial charge on any atom is -0.369 e. The minimum atomic E-state index is 0.0714. The van der Waals surface area contributed by atoms with E-state index in [1.807, 2.05) is 5.57 Å². The molecular weight excluding hydrogens is 370 g/mol. The summed E-state index contributed by atoms with van der Waals surface area (Å²) in [5.41, 5.74) is 3.97. The van der Waals surface area contributed by atoms with Crippen LogP contribution in [0.2, 0.25) is 0 Å². The van der Waals surface area contributed by atoms with Gasteiger partial charge in [-0.05, 0) is 100 Å². The van der Waals surface area contributed by atoms with Crippen LogP contribution in [0.15, 0.2) is 11.1 Å². The molecule has 0 bridgehead atoms. The van der Waals surface area contributed by atoms with Crippen molar-refractivity contribution in [2.24, 2.45) is 35.0 Å². The summed E-state index contributed by atoms with van der Waals surface area (Å²) in [6.07, 6.45) is 13.5. The van der Waals surface area contributed by atoms with Gasteiger partial charge in [0.2, 0.25) is 0 Å². The molecule has 3 heteroatoms. The van der Waals surface area contributed by atoms with Crippen LogP contribution in [-0.2, 0) is 9.53 Å². The molecule has 5 fully saturated rings. The second-order valence-electron chi connectivity index (χ2n) is 12.3. The average Bonchev–Trinajstić information content (AvgIpc) is 3.19. The topological polar surface area (TPSA) is 38.3 Å². The van der Waals surface area contributed by atoms with E-state index in [0.29, 0.717) is 35.2 Å². The van der Waals surface area contributed by atoms with Crippen molar-refractivity contribution in [1.82, 2.24) is 5.32 Å². The molecule has 0 radical (unpaired) electrons. The molecule has 0 aromatic carbocycles. The van der Waals surface area contributed by atoms with E-state index < -0.39 is 0 Å². The molecule has 2 aliphatic heterocycles. The highest BCUT2D eigenvalue weighted by atomic mass is 16.5. The van der Waals surface area contributed by atoms with Crippen LogP contribution >= 0.6 is 0 Å². The maximum atomic E-state index is 12.2. The Balaban J connectivity index is 1.29. The van der Waals surface area contributed by atoms with Gasteiger partial charge < -0.3 is 10.1 Å². The summed E-state index contributed by atoms with van der Waals surface area (Å²) >= 11 is 0. The van der Waals surface area contributed by atoms with E-state index >= 15 is 0 Å². The third-order valence-electron chi connectivity index (χ3n) is 11.2. The first-order valence-corrected chi connectivity index (χ1v) is 13.0. The Morgan fingerprint density at radius 1 is 1.10 bits per heavy atom. The first-order chi connectivity index (χ1) is 14.4. The van der Waals surface area contributed by atoms with Gasteiger partial charge in [-0.25, -0.2) is 0 Å². The predicted octanol–water partition coefficient (Wildman–Crippen LogP) is 5.43. The smallest absolute Gasteiger partial charge is 0.133 e. The lowest BCUT2D eigenvalue weighted by Gasteiger charge is -2.52. The molecule has 6 rings (SSSR count). The highest BCUT2D eigenvalue weighted by Gasteiger charge is 2.59. The summed E-state index contributed by atoms with van der Waals surface area (Å²) in [6.45, 7) is 8.64. The highest BCUT2D eigenvalue weighted by Crippen LogP contribution is 2.64. The van der Waals surface area contributed by atoms with E-state index in [0.717, 1.165) is 43.4 Å². The molecule has 1 N–H and O–H groups in total. The largest absolute Gasteiger partial charge is 0.369 e. The summed E-state index contributed by atoms with van der Waals surface area (Å²) in [4.78, 5) is 12.2. The number of allylic oxidation sites excluding steroid dienone is 1. The lowest BCUT2D eigenvalue weighted by Crippen LogP contribution is -2.46. The summed E-state index contributed by atoms with van der Waals surface area (Å²) in [5.74, 6) is 4.27. The molecular formula is C27H41NO2. The van der Waals surface area contributed by atoms with E-state index in [-0.39, 0.29) is 5.60 Å². The zero-order chi connectivity index (χ0) is 20.7. The van der Waals surface area contributed by atoms with E-state index in [9.17, 15) is 4.79 Å². The molecule has 30 heavy (non-hydrogen) atoms. The monoisotopic (exact) mass is 411 g/mol. The second kappa shape index (κ2) is 6.91. The molecule has 0 aromatic rings. The Morgan fingerprint density at radius 3 is 2.80 bits per heavy atom. The van der Waals surface area contributed by atoms with E-state index in [1.165, 1.54) is 51.5 Å². The van der Waals surface area contributed by atoms with Crippen LogP contribution < -0.4 is 5.32 Å². The fraction of sp³-hybridized carbons (Fsp3) is 0.889. The van der Waals surface area contributed by atoms with Gasteiger partial charge in [0.15, 0.2) is 0 Å². The lowest BCUT2D eigenvalue weighted by atomic mass is 9.52. The van der Waals surface area contributed by atoms with Gasteiger partial charge in [0, 0.05) is 24.8 Å². The maximum Gasteiger partial charge on any atom is 0.133 e. The molecule has 0 aromatic heterocycles. The number of piperidine rings is 1. The van der Waals surface area contributed by atoms with Crippen LogP contribution in [-0.4, -0.2) is 30.1 Å². The summed E-state index contributed by atoms with van der Waals surface area (Å²) in [5, 5.41) is 3.80. The number of ketones is 1. The van der Waals surface area contributed by atoms with Crippen LogP contribution in [0.3, 0.4) is 0 Å². The van der Waals surface area contributed by atoms with Crippen LogP contribution in [0.5, 0.6) is 0 Å². The van der Waals surface area contributed by atoms with E-state index in [2.05, 4.69) is 26.1 Å². The zero-order valence-corrected chi connectivity index (χ0v) is 19.3. The van der Waals surface area contributed by atoms with Gasteiger partial charge >= 0.3 is 0 Å². The van der Waals surface area contributed by atoms with Crippen molar-refractivity contribution in [1.29, 1.82) is 0 Å². The molecule has 4 unspecified atom stereocenters. The van der Waals surface area contributed by atoms with Gasteiger partial charge in [-0.2, -0.15) is 0 Å². The van der Waals surface area contributed by atoms with Crippen molar-refractivity contribution in [2.45, 2.75) is 109 Å². The predicted molar refractivity (Wildman–Crippen MR) is 119 cm³/mol. The molecule has 2 heterocycles. The molecule has 2 saturated heterocycles. The van der Waals surface area contributed by atoms with Gasteiger partial charge in [0.25, 0.3) is 0 Å². The molecule has 4 aliphatic carbocycles. The highest BCUT2D eigenvalue weighted by molar-refractivity contribution is 5.79. The first kappa shape index (κ1) is 20.0. The van der Waals surface area contributed by atoms with Crippen LogP contribution in [0.25, 0.3) is 0 Å². The number of carbonyl (C=O) groups excluding carboxylic acids is 1. The standard InChI is InChI=1S/C27H41NO2/c1-16-15-27(17(2)25-24(30-27)5-4-12-28-25)11-9-20-21-7-6-18-13-19(29)8-10-26(18,3)23(21)14-22(16)20/h17-18,20-21,23-25,28H,4-15H2,1-3H3/t17-,18?,20+,21?,23+,24?,25+,26?,27+/m1/s1. The van der Waals surface area contributed by atoms with Crippen LogP contribution in [0, 0.1) is 35.0 Å². The van der Waals surface area contributed by atoms with Crippen molar-refractivity contribution in [3.63, 3.8) is 0 Å². The SMILES string of the molecule is CC1=C2C[C@H]3C(CCC4CC(=O)CCC43C)[C@@H]2CC[C@@]2(C1)OC1CCCN[C@H]1[C@H]2C. The molecule has 0 amide bonds. The molecule has 3 saturated carbocycles. The molecule has 9 atom stereocenters. The van der Waals surface area contributed by atoms with Crippen molar-refractivity contribution < 1.29 is 9.53 Å². The number of ether oxygens (including phenoxy) is 1. The normalized spacial score (nSPS) is 53.2. The molecule has 6 aliphatic rings. The minimum absolute atomic E-state index is 0.0714. The Kier molecular flexibility index (Phi) is 4.60. The second-order valence-corrected chi connectivity index (χ2v) is 12.3. The molecule has 1 spiro atoms. The Hall–Kier alpha value is -0.670. The summed E-state index contributed by atoms with van der Waals surface area (Å²) in [6, 6.07) is 0.566. The number of hydrogen-bond donors (Lipinski definition) is 1. The van der Waals surface area contributed by atoms with Gasteiger partial charge in [-0.3, -0.25) is 4.79 Å². The fourth-order valence-electron chi connectivity index (χ4n) is 9.41. The van der Waals surface area contributed by atoms with Crippen LogP contribution in [0.4, 0.5) is 0 Å². The lowest BCUT2D eigenvalue weighted by molar-refractivity contribution is -0.129. The van der Waals surface area contributed by atoms with Crippen molar-refractivity contribution in [3.05, 3.63) is 11.1 Å². The number of fused-ring (bicyclic) bond motifs is 6. The number of carbonyl (C=O) groups is 1. The first-order valence-electron chi connectivity index (χ1n) is 13.0. The molecule has 166 valence electrons. The van der Waals surface area contributed by atoms with Crippen molar-refractivity contribution in [2.75, 3.05) is 6.54 Å². The van der Waals surface area contributed by atoms with Crippen molar-refractivity contribution >= 4 is 5.78 Å². The van der Waals surface area contributed by atoms with Gasteiger partial charge in [0.05, 0.1) is 11.7 Å². The fourth-order valence-corrected chi connectivity index (χ4v) is 9.41. The van der Waals surface area contributed by atoms with Gasteiger partial charge in [-0.15, -0.1) is 0 Å². The third kappa shape index (κ3) is 2.73. The summed E-state index contributed by atoms with van der Waals surface area (Å²) < 4.78 is 6.94. The van der Waals surface area contributed by atoms with Crippen LogP contribution in [0.1, 0.15) is 91.4 Å². The number of hydrogen-bond acceptors (Lipinski definition) is 3. The maximum absolute atomic E-state index is 12.2. The van der Waals surface area contributed by atoms with E-state index in [1.54, 1.807) is 5.57 Å². The molecule has 3 nitrogen and oxygen atoms in total. The average molecular weight is 412 g/mol. The zero-order valence-electron chi connectivity index (χ0n) is 19.3. The summed E-state index contributed by atoms with van der Waals surface area (Å²) in [7, 11) is 0. The van der Waals surface area contributed by atoms with Gasteiger partial charge in [-0.1, -0.05) is 25.0 Å². The quantitative estimate of drug-likeness (QED) is 0.540. The van der Waals surface area contributed by atoms with Crippen molar-refractivity contribution in [3.8, 4) is 0 Å². The Labute approximate surface area is 182 Å². The van der Waals surface area contributed by atoms with E-state index in [4.69, 9.17) is 4.74 Å². The number of Topliss-reactive ketones (excluding diaryl/α,β-unsaturated/α-hetero) is 1. The third-order valence-corrected chi connectivity index (χ3v) is 11.2. The van der Waals surface area contributed by atoms with Gasteiger partial charge in [0.1, 0.15) is 5.78 Å². The number of nitrogens with one attached hydrogen (secondary N) is 1.